The lowest BCUT2D eigenvalue weighted by Gasteiger charge is -2.32. The van der Waals surface area contributed by atoms with Gasteiger partial charge in [0.1, 0.15) is 5.69 Å². The van der Waals surface area contributed by atoms with Crippen molar-refractivity contribution in [2.24, 2.45) is 5.14 Å². The number of nitrogens with two attached hydrogens (primary N) is 1. The molecule has 1 aromatic carbocycles. The van der Waals surface area contributed by atoms with Crippen LogP contribution in [0.5, 0.6) is 0 Å². The molecule has 142 valence electrons. The Morgan fingerprint density at radius 3 is 2.35 bits per heavy atom. The van der Waals surface area contributed by atoms with Crippen molar-refractivity contribution in [1.82, 2.24) is 9.78 Å². The zero-order valence-corrected chi connectivity index (χ0v) is 16.6. The maximum Gasteiger partial charge on any atom is 0.282 e. The first-order chi connectivity index (χ1) is 12.1. The summed E-state index contributed by atoms with van der Waals surface area (Å²) in [5, 5.41) is 9.17. The molecular formula is C17H20BrF2N3O2S. The molecular weight excluding hydrogens is 428 g/mol. The molecule has 0 aliphatic heterocycles. The lowest BCUT2D eigenvalue weighted by molar-refractivity contribution is 0.145. The first-order valence-corrected chi connectivity index (χ1v) is 10.6. The molecule has 0 unspecified atom stereocenters. The molecule has 2 aromatic rings. The molecule has 1 aliphatic rings. The van der Waals surface area contributed by atoms with E-state index in [1.54, 1.807) is 0 Å². The molecule has 0 radical (unpaired) electrons. The molecule has 1 fully saturated rings. The fraction of sp³-hybridized carbons (Fsp3) is 0.471. The number of nitrogens with zero attached hydrogens (tertiary/aromatic N) is 2. The highest BCUT2D eigenvalue weighted by Crippen LogP contribution is 2.43. The summed E-state index contributed by atoms with van der Waals surface area (Å²) in [6.07, 6.45) is 0.953. The number of rotatable bonds is 4. The van der Waals surface area contributed by atoms with Gasteiger partial charge >= 0.3 is 0 Å². The van der Waals surface area contributed by atoms with Crippen LogP contribution in [0.15, 0.2) is 35.2 Å². The van der Waals surface area contributed by atoms with E-state index in [4.69, 9.17) is 5.14 Å². The van der Waals surface area contributed by atoms with Gasteiger partial charge in [-0.25, -0.2) is 27.0 Å². The third-order valence-electron chi connectivity index (χ3n) is 4.84. The fourth-order valence-electron chi connectivity index (χ4n) is 3.31. The second-order valence-corrected chi connectivity index (χ2v) is 10.4. The molecule has 0 saturated heterocycles. The predicted molar refractivity (Wildman–Crippen MR) is 98.4 cm³/mol. The Morgan fingerprint density at radius 1 is 1.27 bits per heavy atom. The maximum atomic E-state index is 13.2. The molecule has 0 spiro atoms. The van der Waals surface area contributed by atoms with E-state index in [0.29, 0.717) is 5.69 Å². The molecule has 1 heterocycles. The van der Waals surface area contributed by atoms with Crippen molar-refractivity contribution < 1.29 is 17.2 Å². The van der Waals surface area contributed by atoms with Crippen molar-refractivity contribution in [2.75, 3.05) is 0 Å². The van der Waals surface area contributed by atoms with Crippen LogP contribution in [0.4, 0.5) is 8.78 Å². The molecule has 1 aromatic heterocycles. The molecule has 2 N–H and O–H groups in total. The first kappa shape index (κ1) is 19.4. The van der Waals surface area contributed by atoms with Crippen LogP contribution >= 0.6 is 15.9 Å². The van der Waals surface area contributed by atoms with Crippen molar-refractivity contribution >= 4 is 26.0 Å². The number of benzene rings is 1. The Balaban J connectivity index is 1.98. The van der Waals surface area contributed by atoms with Gasteiger partial charge in [-0.05, 0) is 62.9 Å². The van der Waals surface area contributed by atoms with E-state index in [0.717, 1.165) is 31.4 Å². The zero-order chi connectivity index (χ0) is 19.1. The van der Waals surface area contributed by atoms with E-state index in [2.05, 4.69) is 28.0 Å². The van der Waals surface area contributed by atoms with Crippen molar-refractivity contribution in [1.29, 1.82) is 0 Å². The van der Waals surface area contributed by atoms with Crippen LogP contribution in [0, 0.1) is 0 Å². The summed E-state index contributed by atoms with van der Waals surface area (Å²) in [5.74, 6) is 0.124. The van der Waals surface area contributed by atoms with Crippen LogP contribution in [0.3, 0.4) is 0 Å². The lowest BCUT2D eigenvalue weighted by Crippen LogP contribution is -2.24. The Bertz CT molecular complexity index is 885. The van der Waals surface area contributed by atoms with Crippen LogP contribution < -0.4 is 5.14 Å². The second-order valence-electron chi connectivity index (χ2n) is 6.93. The van der Waals surface area contributed by atoms with Gasteiger partial charge in [0.15, 0.2) is 0 Å². The number of halogens is 3. The third kappa shape index (κ3) is 4.15. The summed E-state index contributed by atoms with van der Waals surface area (Å²) >= 11 is 3.70. The maximum absolute atomic E-state index is 13.2. The molecule has 3 rings (SSSR count). The van der Waals surface area contributed by atoms with Gasteiger partial charge in [0.25, 0.3) is 6.43 Å². The van der Waals surface area contributed by atoms with Crippen LogP contribution in [0.1, 0.15) is 56.3 Å². The molecule has 5 nitrogen and oxygen atoms in total. The van der Waals surface area contributed by atoms with E-state index in [9.17, 15) is 17.2 Å². The molecule has 1 aliphatic carbocycles. The van der Waals surface area contributed by atoms with Crippen LogP contribution in [-0.4, -0.2) is 22.5 Å². The third-order valence-corrected chi connectivity index (χ3v) is 6.56. The summed E-state index contributed by atoms with van der Waals surface area (Å²) in [7, 11) is -3.81. The van der Waals surface area contributed by atoms with Gasteiger partial charge in [-0.1, -0.05) is 15.9 Å². The Kier molecular flexibility index (Phi) is 5.24. The van der Waals surface area contributed by atoms with Gasteiger partial charge in [0, 0.05) is 15.9 Å². The zero-order valence-electron chi connectivity index (χ0n) is 14.2. The monoisotopic (exact) mass is 447 g/mol. The van der Waals surface area contributed by atoms with E-state index < -0.39 is 16.4 Å². The highest BCUT2D eigenvalue weighted by atomic mass is 79.9. The van der Waals surface area contributed by atoms with E-state index in [-0.39, 0.29) is 20.8 Å². The van der Waals surface area contributed by atoms with Gasteiger partial charge in [-0.15, -0.1) is 0 Å². The SMILES string of the molecule is CC1(Br)CCC(c2cc(C(F)F)nn2-c2ccc(S(N)(=O)=O)cc2)CC1. The van der Waals surface area contributed by atoms with E-state index >= 15 is 0 Å². The summed E-state index contributed by atoms with van der Waals surface area (Å²) in [4.78, 5) is -0.0308. The Morgan fingerprint density at radius 2 is 1.85 bits per heavy atom. The fourth-order valence-corrected chi connectivity index (χ4v) is 4.28. The van der Waals surface area contributed by atoms with Crippen molar-refractivity contribution in [2.45, 2.75) is 54.2 Å². The molecule has 26 heavy (non-hydrogen) atoms. The summed E-state index contributed by atoms with van der Waals surface area (Å²) in [6.45, 7) is 2.14. The summed E-state index contributed by atoms with van der Waals surface area (Å²) < 4.78 is 50.8. The topological polar surface area (TPSA) is 78.0 Å². The average Bonchev–Trinajstić information content (AvgIpc) is 2.99. The number of hydrogen-bond donors (Lipinski definition) is 1. The summed E-state index contributed by atoms with van der Waals surface area (Å²) in [5.41, 5.74) is 0.987. The number of aromatic nitrogens is 2. The highest BCUT2D eigenvalue weighted by molar-refractivity contribution is 9.10. The molecule has 9 heteroatoms. The first-order valence-electron chi connectivity index (χ1n) is 8.27. The molecule has 0 amide bonds. The minimum absolute atomic E-state index is 0.0308. The van der Waals surface area contributed by atoms with Crippen LogP contribution in [0.25, 0.3) is 5.69 Å². The normalized spacial score (nSPS) is 24.2. The van der Waals surface area contributed by atoms with Crippen molar-refractivity contribution in [3.63, 3.8) is 0 Å². The largest absolute Gasteiger partial charge is 0.282 e. The van der Waals surface area contributed by atoms with Crippen LogP contribution in [-0.2, 0) is 10.0 Å². The van der Waals surface area contributed by atoms with Gasteiger partial charge in [-0.3, -0.25) is 0 Å². The standard InChI is InChI=1S/C17H20BrF2N3O2S/c1-17(18)8-6-11(7-9-17)15-10-14(16(19)20)22-23(15)12-2-4-13(5-3-12)26(21,24)25/h2-5,10-11,16H,6-9H2,1H3,(H2,21,24,25). The Labute approximate surface area is 159 Å². The highest BCUT2D eigenvalue weighted by Gasteiger charge is 2.32. The molecule has 1 saturated carbocycles. The smallest absolute Gasteiger partial charge is 0.237 e. The number of sulfonamides is 1. The van der Waals surface area contributed by atoms with Gasteiger partial charge < -0.3 is 0 Å². The summed E-state index contributed by atoms with van der Waals surface area (Å²) in [6, 6.07) is 7.23. The second kappa shape index (κ2) is 7.01. The van der Waals surface area contributed by atoms with Gasteiger partial charge in [0.05, 0.1) is 10.6 Å². The van der Waals surface area contributed by atoms with Gasteiger partial charge in [0.2, 0.25) is 10.0 Å². The van der Waals surface area contributed by atoms with Crippen molar-refractivity contribution in [3.8, 4) is 5.69 Å². The lowest BCUT2D eigenvalue weighted by atomic mass is 9.81. The average molecular weight is 448 g/mol. The minimum Gasteiger partial charge on any atom is -0.237 e. The Hall–Kier alpha value is -1.32. The van der Waals surface area contributed by atoms with Crippen LogP contribution in [0.2, 0.25) is 0 Å². The number of alkyl halides is 3. The number of hydrogen-bond acceptors (Lipinski definition) is 3. The number of primary sulfonamides is 1. The van der Waals surface area contributed by atoms with E-state index in [1.165, 1.54) is 35.0 Å². The van der Waals surface area contributed by atoms with Crippen molar-refractivity contribution in [3.05, 3.63) is 41.7 Å². The van der Waals surface area contributed by atoms with Gasteiger partial charge in [-0.2, -0.15) is 5.10 Å². The molecule has 0 bridgehead atoms. The van der Waals surface area contributed by atoms with E-state index in [1.807, 2.05) is 0 Å². The minimum atomic E-state index is -3.81. The molecule has 0 atom stereocenters. The quantitative estimate of drug-likeness (QED) is 0.710. The predicted octanol–water partition coefficient (Wildman–Crippen LogP) is 4.27.